The van der Waals surface area contributed by atoms with Gasteiger partial charge in [0.2, 0.25) is 0 Å². The fourth-order valence-corrected chi connectivity index (χ4v) is 13.4. The lowest BCUT2D eigenvalue weighted by Gasteiger charge is -2.23. The highest BCUT2D eigenvalue weighted by Gasteiger charge is 2.23. The first-order valence-corrected chi connectivity index (χ1v) is 33.4. The van der Waals surface area contributed by atoms with Gasteiger partial charge in [0, 0.05) is 21.3 Å². The average Bonchev–Trinajstić information content (AvgIpc) is 1.66. The molecule has 3 heterocycles. The van der Waals surface area contributed by atoms with Crippen molar-refractivity contribution in [3.05, 3.63) is 264 Å². The Morgan fingerprint density at radius 3 is 0.989 bits per heavy atom. The second-order valence-electron chi connectivity index (χ2n) is 30.8. The first-order chi connectivity index (χ1) is 40.2. The van der Waals surface area contributed by atoms with Crippen LogP contribution in [0.1, 0.15) is 217 Å². The van der Waals surface area contributed by atoms with E-state index in [1.54, 1.807) is 11.3 Å². The van der Waals surface area contributed by atoms with Gasteiger partial charge in [0.15, 0.2) is 0 Å². The van der Waals surface area contributed by atoms with E-state index in [9.17, 15) is 0 Å². The minimum Gasteiger partial charge on any atom is -0.309 e. The quantitative estimate of drug-likeness (QED) is 0.154. The minimum atomic E-state index is 0.0976. The molecule has 0 atom stereocenters. The van der Waals surface area contributed by atoms with Crippen LogP contribution in [0.5, 0.6) is 0 Å². The van der Waals surface area contributed by atoms with Gasteiger partial charge in [-0.25, -0.2) is 0 Å². The largest absolute Gasteiger partial charge is 0.309 e. The van der Waals surface area contributed by atoms with Crippen molar-refractivity contribution in [1.82, 2.24) is 4.57 Å². The van der Waals surface area contributed by atoms with E-state index in [-0.39, 0.29) is 27.1 Å². The lowest BCUT2D eigenvalue weighted by molar-refractivity contribution is 0.581. The Morgan fingerprint density at radius 1 is 0.287 bits per heavy atom. The number of thiophene rings is 2. The zero-order valence-corrected chi connectivity index (χ0v) is 60.9. The monoisotopic (exact) mass is 1200 g/mol. The molecular formula is C84H113NS2. The Labute approximate surface area is 539 Å². The van der Waals surface area contributed by atoms with E-state index in [0.717, 1.165) is 0 Å². The molecule has 87 heavy (non-hydrogen) atoms. The third-order valence-electron chi connectivity index (χ3n) is 15.5. The molecular weight excluding hydrogens is 1090 g/mol. The second-order valence-corrected chi connectivity index (χ2v) is 32.5. The summed E-state index contributed by atoms with van der Waals surface area (Å²) >= 11 is 3.60. The number of rotatable bonds is 1. The smallest absolute Gasteiger partial charge is 0.0578 e. The zero-order valence-electron chi connectivity index (χ0n) is 59.2. The van der Waals surface area contributed by atoms with Crippen LogP contribution in [0.25, 0.3) is 27.5 Å². The van der Waals surface area contributed by atoms with Gasteiger partial charge in [0.05, 0.1) is 11.0 Å². The summed E-state index contributed by atoms with van der Waals surface area (Å²) < 4.78 is 2.41. The molecule has 10 aromatic rings. The minimum absolute atomic E-state index is 0.0976. The summed E-state index contributed by atoms with van der Waals surface area (Å²) in [7, 11) is 0. The van der Waals surface area contributed by atoms with Gasteiger partial charge in [-0.1, -0.05) is 291 Å². The summed E-state index contributed by atoms with van der Waals surface area (Å²) in [5, 5.41) is 9.11. The lowest BCUT2D eigenvalue weighted by atomic mass is 9.81. The maximum atomic E-state index is 2.41. The van der Waals surface area contributed by atoms with Crippen molar-refractivity contribution in [2.45, 2.75) is 225 Å². The highest BCUT2D eigenvalue weighted by molar-refractivity contribution is 7.10. The van der Waals surface area contributed by atoms with E-state index in [1.165, 1.54) is 99.1 Å². The molecule has 10 rings (SSSR count). The van der Waals surface area contributed by atoms with E-state index in [2.05, 4.69) is 384 Å². The van der Waals surface area contributed by atoms with Crippen molar-refractivity contribution in [1.29, 1.82) is 0 Å². The molecule has 0 saturated carbocycles. The van der Waals surface area contributed by atoms with Crippen LogP contribution in [-0.2, 0) is 37.9 Å². The Balaban J connectivity index is 0.000000224. The van der Waals surface area contributed by atoms with Crippen molar-refractivity contribution < 1.29 is 0 Å². The Hall–Kier alpha value is -6.26. The fourth-order valence-electron chi connectivity index (χ4n) is 11.7. The molecule has 1 nitrogen and oxygen atoms in total. The van der Waals surface area contributed by atoms with Crippen LogP contribution in [0.4, 0.5) is 0 Å². The molecule has 0 saturated heterocycles. The predicted octanol–water partition coefficient (Wildman–Crippen LogP) is 26.0. The Bertz CT molecular complexity index is 3440. The molecule has 0 amide bonds. The summed E-state index contributed by atoms with van der Waals surface area (Å²) in [5.74, 6) is 0. The predicted molar refractivity (Wildman–Crippen MR) is 395 cm³/mol. The van der Waals surface area contributed by atoms with Crippen LogP contribution >= 0.6 is 22.7 Å². The Kier molecular flexibility index (Phi) is 25.9. The molecule has 0 aliphatic rings. The lowest BCUT2D eigenvalue weighted by Crippen LogP contribution is -2.14. The van der Waals surface area contributed by atoms with E-state index in [1.807, 2.05) is 11.3 Å². The average molecular weight is 1200 g/mol. The highest BCUT2D eigenvalue weighted by Crippen LogP contribution is 2.39. The molecule has 3 aromatic heterocycles. The van der Waals surface area contributed by atoms with E-state index < -0.39 is 0 Å². The maximum Gasteiger partial charge on any atom is 0.0578 e. The van der Waals surface area contributed by atoms with Crippen LogP contribution in [-0.4, -0.2) is 4.57 Å². The molecule has 0 unspecified atom stereocenters. The van der Waals surface area contributed by atoms with Crippen molar-refractivity contribution in [2.75, 3.05) is 0 Å². The van der Waals surface area contributed by atoms with Gasteiger partial charge in [-0.2, -0.15) is 11.3 Å². The molecule has 7 aromatic carbocycles. The van der Waals surface area contributed by atoms with Crippen molar-refractivity contribution >= 4 is 44.5 Å². The maximum absolute atomic E-state index is 2.41. The topological polar surface area (TPSA) is 4.93 Å². The van der Waals surface area contributed by atoms with Crippen molar-refractivity contribution in [3.8, 4) is 5.69 Å². The standard InChI is InChI=1S/C22H21N.2C12H18.2C11H16.2C8H12S/c1-22(2,3)19-14-9-13-18-17-12-7-8-15-20(17)23(21(18)19)16-10-5-4-6-11-16;2*1-9-7-6-8-10(2)11(9)12(3,4)5;2*1-9-7-5-6-8-10(9)11(2,3)4;1-8(2,3)7-4-5-9-6-7;1-8(2,3)7-5-4-6-9-7/h4-15H,1-3H3;2*6-8H,1-5H3;2*5-8H,1-4H3;2*4-6H,1-3H3. The van der Waals surface area contributed by atoms with Gasteiger partial charge in [-0.15, -0.1) is 11.3 Å². The molecule has 0 N–H and O–H groups in total. The van der Waals surface area contributed by atoms with Gasteiger partial charge in [0.1, 0.15) is 0 Å². The van der Waals surface area contributed by atoms with Crippen LogP contribution in [0, 0.1) is 41.5 Å². The SMILES string of the molecule is CC(C)(C)c1cccc2c3ccccc3n(-c3ccccc3)c12.CC(C)(C)c1cccs1.CC(C)(C)c1ccsc1.Cc1cccc(C)c1C(C)(C)C.Cc1cccc(C)c1C(C)(C)C.Cc1ccccc1C(C)(C)C.Cc1ccccc1C(C)(C)C. The molecule has 0 fully saturated rings. The third-order valence-corrected chi connectivity index (χ3v) is 17.5. The number of benzene rings is 7. The van der Waals surface area contributed by atoms with Crippen LogP contribution in [0.15, 0.2) is 192 Å². The van der Waals surface area contributed by atoms with Gasteiger partial charge >= 0.3 is 0 Å². The first-order valence-electron chi connectivity index (χ1n) is 31.6. The molecule has 0 aliphatic heterocycles. The number of aryl methyl sites for hydroxylation is 6. The van der Waals surface area contributed by atoms with Crippen LogP contribution in [0.3, 0.4) is 0 Å². The number of aromatic nitrogens is 1. The highest BCUT2D eigenvalue weighted by atomic mass is 32.1. The van der Waals surface area contributed by atoms with E-state index >= 15 is 0 Å². The number of para-hydroxylation sites is 3. The fraction of sp³-hybridized carbons (Fsp3) is 0.405. The zero-order chi connectivity index (χ0) is 65.5. The molecule has 0 spiro atoms. The summed E-state index contributed by atoms with van der Waals surface area (Å²) in [5.41, 5.74) is 22.8. The number of hydrogen-bond acceptors (Lipinski definition) is 2. The second kappa shape index (κ2) is 30.8. The number of nitrogens with zero attached hydrogens (tertiary/aromatic N) is 1. The third kappa shape index (κ3) is 21.8. The van der Waals surface area contributed by atoms with Crippen molar-refractivity contribution in [2.24, 2.45) is 0 Å². The van der Waals surface area contributed by atoms with Crippen LogP contribution < -0.4 is 0 Å². The van der Waals surface area contributed by atoms with Crippen LogP contribution in [0.2, 0.25) is 0 Å². The van der Waals surface area contributed by atoms with Gasteiger partial charge in [-0.3, -0.25) is 0 Å². The number of hydrogen-bond donors (Lipinski definition) is 0. The number of fused-ring (bicyclic) bond motifs is 3. The first kappa shape index (κ1) is 73.2. The van der Waals surface area contributed by atoms with Gasteiger partial charge in [-0.05, 0) is 193 Å². The molecule has 0 radical (unpaired) electrons. The molecule has 0 aliphatic carbocycles. The Morgan fingerprint density at radius 2 is 0.667 bits per heavy atom. The van der Waals surface area contributed by atoms with Gasteiger partial charge < -0.3 is 4.57 Å². The summed E-state index contributed by atoms with van der Waals surface area (Å²) in [4.78, 5) is 1.46. The summed E-state index contributed by atoms with van der Waals surface area (Å²) in [6.07, 6.45) is 0. The van der Waals surface area contributed by atoms with Crippen molar-refractivity contribution in [3.63, 3.8) is 0 Å². The molecule has 3 heteroatoms. The molecule has 466 valence electrons. The van der Waals surface area contributed by atoms with E-state index in [4.69, 9.17) is 0 Å². The van der Waals surface area contributed by atoms with Gasteiger partial charge in [0.25, 0.3) is 0 Å². The summed E-state index contributed by atoms with van der Waals surface area (Å²) in [6.45, 7) is 60.4. The summed E-state index contributed by atoms with van der Waals surface area (Å²) in [6, 6.07) is 62.6. The normalized spacial score (nSPS) is 11.9. The molecule has 0 bridgehead atoms. The van der Waals surface area contributed by atoms with E-state index in [0.29, 0.717) is 10.8 Å².